The number of anilines is 1. The predicted octanol–water partition coefficient (Wildman–Crippen LogP) is 8.04. The Morgan fingerprint density at radius 2 is 1.47 bits per heavy atom. The number of rotatable bonds is 9. The summed E-state index contributed by atoms with van der Waals surface area (Å²) < 4.78 is 16.1. The van der Waals surface area contributed by atoms with E-state index in [1.165, 1.54) is 45.6 Å². The lowest BCUT2D eigenvalue weighted by atomic mass is 10.00. The number of hydrogen-bond donors (Lipinski definition) is 2. The zero-order chi connectivity index (χ0) is 30.5. The molecule has 0 saturated carbocycles. The minimum absolute atomic E-state index is 0.0357. The second-order valence-corrected chi connectivity index (χ2v) is 10.1. The zero-order valence-corrected chi connectivity index (χ0v) is 24.4. The van der Waals surface area contributed by atoms with Crippen LogP contribution in [-0.4, -0.2) is 38.1 Å². The Labute approximate surface area is 253 Å². The van der Waals surface area contributed by atoms with Gasteiger partial charge < -0.3 is 24.6 Å². The molecule has 7 nitrogen and oxygen atoms in total. The van der Waals surface area contributed by atoms with Crippen molar-refractivity contribution < 1.29 is 28.9 Å². The normalized spacial score (nSPS) is 11.0. The summed E-state index contributed by atoms with van der Waals surface area (Å²) in [7, 11) is 4.51. The van der Waals surface area contributed by atoms with Gasteiger partial charge in [-0.05, 0) is 94.2 Å². The summed E-state index contributed by atoms with van der Waals surface area (Å²) in [5, 5.41) is 15.8. The van der Waals surface area contributed by atoms with Crippen molar-refractivity contribution in [1.82, 2.24) is 0 Å². The fourth-order valence-electron chi connectivity index (χ4n) is 4.71. The highest BCUT2D eigenvalue weighted by molar-refractivity contribution is 6.30. The van der Waals surface area contributed by atoms with Gasteiger partial charge in [-0.1, -0.05) is 48.0 Å². The number of phenols is 1. The lowest BCUT2D eigenvalue weighted by molar-refractivity contribution is 0.102. The predicted molar refractivity (Wildman–Crippen MR) is 170 cm³/mol. The third-order valence-electron chi connectivity index (χ3n) is 6.89. The van der Waals surface area contributed by atoms with Crippen molar-refractivity contribution in [2.45, 2.75) is 0 Å². The average molecular weight is 594 g/mol. The molecule has 2 N–H and O–H groups in total. The number of nitrogens with one attached hydrogen (secondary N) is 1. The Bertz CT molecular complexity index is 1860. The first kappa shape index (κ1) is 29.2. The van der Waals surface area contributed by atoms with Gasteiger partial charge in [-0.3, -0.25) is 9.59 Å². The number of halogens is 1. The SMILES string of the molecule is COc1cc(/C=C/C(=O)c2cc(NC(=O)c3ccc4cc(-c5cccc(Cl)c5)ccc4c3)ccc2O)cc(OC)c1OC. The van der Waals surface area contributed by atoms with Crippen molar-refractivity contribution in [2.75, 3.05) is 26.6 Å². The molecule has 8 heteroatoms. The monoisotopic (exact) mass is 593 g/mol. The number of amides is 1. The van der Waals surface area contributed by atoms with Gasteiger partial charge in [0.25, 0.3) is 5.91 Å². The summed E-state index contributed by atoms with van der Waals surface area (Å²) in [5.41, 5.74) is 3.51. The summed E-state index contributed by atoms with van der Waals surface area (Å²) >= 11 is 6.15. The van der Waals surface area contributed by atoms with Crippen molar-refractivity contribution >= 4 is 45.8 Å². The second kappa shape index (κ2) is 12.7. The first-order chi connectivity index (χ1) is 20.8. The van der Waals surface area contributed by atoms with Crippen LogP contribution in [0.2, 0.25) is 5.02 Å². The Hall–Kier alpha value is -5.27. The number of allylic oxidation sites excluding steroid dienone is 1. The number of ether oxygens (including phenoxy) is 3. The van der Waals surface area contributed by atoms with Crippen LogP contribution in [0.4, 0.5) is 5.69 Å². The van der Waals surface area contributed by atoms with E-state index in [0.29, 0.717) is 39.1 Å². The van der Waals surface area contributed by atoms with E-state index in [1.807, 2.05) is 48.5 Å². The van der Waals surface area contributed by atoms with E-state index in [1.54, 1.807) is 30.3 Å². The van der Waals surface area contributed by atoms with Gasteiger partial charge in [-0.2, -0.15) is 0 Å². The van der Waals surface area contributed by atoms with E-state index in [-0.39, 0.29) is 17.2 Å². The lowest BCUT2D eigenvalue weighted by Gasteiger charge is -2.12. The molecule has 0 aliphatic heterocycles. The second-order valence-electron chi connectivity index (χ2n) is 9.63. The van der Waals surface area contributed by atoms with Crippen LogP contribution < -0.4 is 19.5 Å². The molecule has 0 spiro atoms. The van der Waals surface area contributed by atoms with Crippen LogP contribution in [0.3, 0.4) is 0 Å². The first-order valence-electron chi connectivity index (χ1n) is 13.3. The van der Waals surface area contributed by atoms with Crippen LogP contribution in [-0.2, 0) is 0 Å². The molecule has 0 heterocycles. The Morgan fingerprint density at radius 1 is 0.767 bits per heavy atom. The van der Waals surface area contributed by atoms with E-state index in [0.717, 1.165) is 21.9 Å². The molecule has 0 aliphatic rings. The van der Waals surface area contributed by atoms with Crippen LogP contribution in [0.1, 0.15) is 26.3 Å². The highest BCUT2D eigenvalue weighted by atomic mass is 35.5. The number of phenolic OH excluding ortho intramolecular Hbond substituents is 1. The molecular formula is C35H28ClNO6. The fourth-order valence-corrected chi connectivity index (χ4v) is 4.90. The molecular weight excluding hydrogens is 566 g/mol. The minimum atomic E-state index is -0.455. The van der Waals surface area contributed by atoms with Crippen molar-refractivity contribution in [3.8, 4) is 34.1 Å². The molecule has 0 bridgehead atoms. The number of carbonyl (C=O) groups is 2. The highest BCUT2D eigenvalue weighted by Crippen LogP contribution is 2.38. The Kier molecular flexibility index (Phi) is 8.64. The maximum atomic E-state index is 13.1. The molecule has 0 aliphatic carbocycles. The van der Waals surface area contributed by atoms with E-state index < -0.39 is 5.78 Å². The quantitative estimate of drug-likeness (QED) is 0.102. The molecule has 5 aromatic carbocycles. The van der Waals surface area contributed by atoms with Gasteiger partial charge in [0.1, 0.15) is 5.75 Å². The van der Waals surface area contributed by atoms with Gasteiger partial charge >= 0.3 is 0 Å². The molecule has 216 valence electrons. The van der Waals surface area contributed by atoms with Crippen molar-refractivity contribution in [3.05, 3.63) is 119 Å². The summed E-state index contributed by atoms with van der Waals surface area (Å²) in [5.74, 6) is 0.303. The number of ketones is 1. The third kappa shape index (κ3) is 6.47. The number of fused-ring (bicyclic) bond motifs is 1. The number of carbonyl (C=O) groups excluding carboxylic acids is 2. The van der Waals surface area contributed by atoms with Crippen LogP contribution in [0, 0.1) is 0 Å². The number of methoxy groups -OCH3 is 3. The number of aromatic hydroxyl groups is 1. The Morgan fingerprint density at radius 3 is 2.16 bits per heavy atom. The highest BCUT2D eigenvalue weighted by Gasteiger charge is 2.15. The van der Waals surface area contributed by atoms with Gasteiger partial charge in [-0.25, -0.2) is 0 Å². The van der Waals surface area contributed by atoms with Crippen molar-refractivity contribution in [2.24, 2.45) is 0 Å². The molecule has 0 atom stereocenters. The molecule has 5 aromatic rings. The first-order valence-corrected chi connectivity index (χ1v) is 13.6. The van der Waals surface area contributed by atoms with Gasteiger partial charge in [0.2, 0.25) is 5.75 Å². The van der Waals surface area contributed by atoms with Crippen LogP contribution in [0.25, 0.3) is 28.0 Å². The zero-order valence-electron chi connectivity index (χ0n) is 23.7. The largest absolute Gasteiger partial charge is 0.507 e. The van der Waals surface area contributed by atoms with Crippen molar-refractivity contribution in [1.29, 1.82) is 0 Å². The van der Waals surface area contributed by atoms with E-state index in [4.69, 9.17) is 25.8 Å². The van der Waals surface area contributed by atoms with Crippen LogP contribution in [0.15, 0.2) is 97.1 Å². The average Bonchev–Trinajstić information content (AvgIpc) is 3.03. The van der Waals surface area contributed by atoms with Gasteiger partial charge in [0.05, 0.1) is 26.9 Å². The molecule has 1 amide bonds. The maximum Gasteiger partial charge on any atom is 0.255 e. The topological polar surface area (TPSA) is 94.1 Å². The molecule has 43 heavy (non-hydrogen) atoms. The molecule has 5 rings (SSSR count). The molecule has 0 fully saturated rings. The molecule has 0 saturated heterocycles. The lowest BCUT2D eigenvalue weighted by Crippen LogP contribution is -2.12. The van der Waals surface area contributed by atoms with Crippen LogP contribution >= 0.6 is 11.6 Å². The van der Waals surface area contributed by atoms with Gasteiger partial charge in [0.15, 0.2) is 17.3 Å². The molecule has 0 unspecified atom stereocenters. The summed E-state index contributed by atoms with van der Waals surface area (Å²) in [6, 6.07) is 26.8. The number of benzene rings is 5. The van der Waals surface area contributed by atoms with E-state index >= 15 is 0 Å². The standard InChI is InChI=1S/C35H28ClNO6/c1-41-32-15-21(16-33(42-2)34(32)43-3)7-13-30(38)29-20-28(12-14-31(29)39)37-35(40)26-11-10-24-17-23(8-9-25(24)18-26)22-5-4-6-27(36)19-22/h4-20,39H,1-3H3,(H,37,40)/b13-7+. The molecule has 0 aromatic heterocycles. The maximum absolute atomic E-state index is 13.1. The van der Waals surface area contributed by atoms with Crippen molar-refractivity contribution in [3.63, 3.8) is 0 Å². The fraction of sp³-hybridized carbons (Fsp3) is 0.0857. The summed E-state index contributed by atoms with van der Waals surface area (Å²) in [4.78, 5) is 26.1. The molecule has 0 radical (unpaired) electrons. The smallest absolute Gasteiger partial charge is 0.255 e. The van der Waals surface area contributed by atoms with E-state index in [2.05, 4.69) is 5.32 Å². The Balaban J connectivity index is 1.33. The summed E-state index contributed by atoms with van der Waals surface area (Å²) in [6.07, 6.45) is 2.90. The third-order valence-corrected chi connectivity index (χ3v) is 7.13. The van der Waals surface area contributed by atoms with Crippen LogP contribution in [0.5, 0.6) is 23.0 Å². The summed E-state index contributed by atoms with van der Waals surface area (Å²) in [6.45, 7) is 0. The van der Waals surface area contributed by atoms with E-state index in [9.17, 15) is 14.7 Å². The van der Waals surface area contributed by atoms with Gasteiger partial charge in [0, 0.05) is 16.3 Å². The van der Waals surface area contributed by atoms with Gasteiger partial charge in [-0.15, -0.1) is 0 Å². The minimum Gasteiger partial charge on any atom is -0.507 e. The number of hydrogen-bond acceptors (Lipinski definition) is 6.